The van der Waals surface area contributed by atoms with Crippen LogP contribution in [0.3, 0.4) is 0 Å². The van der Waals surface area contributed by atoms with Crippen molar-refractivity contribution in [2.45, 2.75) is 6.92 Å². The quantitative estimate of drug-likeness (QED) is 0.923. The van der Waals surface area contributed by atoms with Crippen molar-refractivity contribution in [3.8, 4) is 6.07 Å². The third-order valence-electron chi connectivity index (χ3n) is 2.42. The maximum Gasteiger partial charge on any atom is 0.239 e. The van der Waals surface area contributed by atoms with Gasteiger partial charge in [0.2, 0.25) is 5.91 Å². The molecule has 1 aromatic carbocycles. The second kappa shape index (κ2) is 6.26. The average molecular weight is 296 g/mol. The average Bonchev–Trinajstić information content (AvgIpc) is 2.35. The molecule has 0 fully saturated rings. The van der Waals surface area contributed by atoms with Crippen molar-refractivity contribution in [2.75, 3.05) is 25.0 Å². The summed E-state index contributed by atoms with van der Waals surface area (Å²) in [5, 5.41) is 11.6. The number of carbonyl (C=O) groups excluding carboxylic acids is 1. The zero-order valence-electron chi connectivity index (χ0n) is 9.83. The van der Waals surface area contributed by atoms with E-state index in [0.717, 1.165) is 10.2 Å². The standard InChI is InChI=1S/C12H14BrN3O/c1-3-16(8-12(17)15-2)11-6-10(13)5-4-9(11)7-14/h4-6H,3,8H2,1-2H3,(H,15,17). The van der Waals surface area contributed by atoms with Gasteiger partial charge < -0.3 is 10.2 Å². The van der Waals surface area contributed by atoms with Gasteiger partial charge in [0, 0.05) is 18.1 Å². The van der Waals surface area contributed by atoms with Gasteiger partial charge in [-0.05, 0) is 25.1 Å². The predicted molar refractivity (Wildman–Crippen MR) is 70.8 cm³/mol. The van der Waals surface area contributed by atoms with Crippen molar-refractivity contribution >= 4 is 27.5 Å². The van der Waals surface area contributed by atoms with Crippen molar-refractivity contribution in [1.29, 1.82) is 5.26 Å². The number of rotatable bonds is 4. The molecule has 0 saturated carbocycles. The van der Waals surface area contributed by atoms with Gasteiger partial charge >= 0.3 is 0 Å². The van der Waals surface area contributed by atoms with Crippen molar-refractivity contribution in [2.24, 2.45) is 0 Å². The van der Waals surface area contributed by atoms with E-state index in [1.807, 2.05) is 24.0 Å². The van der Waals surface area contributed by atoms with Gasteiger partial charge in [0.05, 0.1) is 17.8 Å². The van der Waals surface area contributed by atoms with Gasteiger partial charge in [-0.1, -0.05) is 15.9 Å². The van der Waals surface area contributed by atoms with Crippen molar-refractivity contribution in [3.63, 3.8) is 0 Å². The smallest absolute Gasteiger partial charge is 0.239 e. The number of likely N-dealkylation sites (N-methyl/N-ethyl adjacent to an activating group) is 2. The Hall–Kier alpha value is -1.54. The Morgan fingerprint density at radius 3 is 2.82 bits per heavy atom. The maximum atomic E-state index is 11.4. The molecule has 0 aliphatic rings. The summed E-state index contributed by atoms with van der Waals surface area (Å²) in [5.74, 6) is -0.0734. The highest BCUT2D eigenvalue weighted by Gasteiger charge is 2.13. The monoisotopic (exact) mass is 295 g/mol. The molecule has 0 bridgehead atoms. The molecule has 0 atom stereocenters. The Morgan fingerprint density at radius 2 is 2.29 bits per heavy atom. The van der Waals surface area contributed by atoms with Crippen LogP contribution in [0.15, 0.2) is 22.7 Å². The lowest BCUT2D eigenvalue weighted by molar-refractivity contribution is -0.119. The number of amides is 1. The number of carbonyl (C=O) groups is 1. The Balaban J connectivity index is 3.06. The van der Waals surface area contributed by atoms with Gasteiger partial charge in [0.25, 0.3) is 0 Å². The van der Waals surface area contributed by atoms with Gasteiger partial charge in [0.15, 0.2) is 0 Å². The van der Waals surface area contributed by atoms with E-state index >= 15 is 0 Å². The lowest BCUT2D eigenvalue weighted by Gasteiger charge is -2.23. The van der Waals surface area contributed by atoms with Crippen molar-refractivity contribution in [1.82, 2.24) is 5.32 Å². The fraction of sp³-hybridized carbons (Fsp3) is 0.333. The van der Waals surface area contributed by atoms with E-state index in [1.54, 1.807) is 13.1 Å². The fourth-order valence-electron chi connectivity index (χ4n) is 1.48. The largest absolute Gasteiger partial charge is 0.361 e. The lowest BCUT2D eigenvalue weighted by Crippen LogP contribution is -2.35. The molecule has 1 rings (SSSR count). The maximum absolute atomic E-state index is 11.4. The summed E-state index contributed by atoms with van der Waals surface area (Å²) < 4.78 is 0.891. The number of nitriles is 1. The molecule has 0 aliphatic heterocycles. The summed E-state index contributed by atoms with van der Waals surface area (Å²) in [6.07, 6.45) is 0. The molecule has 5 heteroatoms. The molecule has 4 nitrogen and oxygen atoms in total. The first kappa shape index (κ1) is 13.5. The van der Waals surface area contributed by atoms with E-state index < -0.39 is 0 Å². The highest BCUT2D eigenvalue weighted by molar-refractivity contribution is 9.10. The summed E-state index contributed by atoms with van der Waals surface area (Å²) in [5.41, 5.74) is 1.34. The van der Waals surface area contributed by atoms with Crippen LogP contribution >= 0.6 is 15.9 Å². The zero-order chi connectivity index (χ0) is 12.8. The number of benzene rings is 1. The molecule has 0 heterocycles. The van der Waals surface area contributed by atoms with Crippen LogP contribution in [0, 0.1) is 11.3 Å². The molecule has 0 spiro atoms. The van der Waals surface area contributed by atoms with Crippen LogP contribution in [-0.2, 0) is 4.79 Å². The highest BCUT2D eigenvalue weighted by atomic mass is 79.9. The van der Waals surface area contributed by atoms with Crippen LogP contribution in [0.5, 0.6) is 0 Å². The number of nitrogens with zero attached hydrogens (tertiary/aromatic N) is 2. The molecular formula is C12H14BrN3O. The lowest BCUT2D eigenvalue weighted by atomic mass is 10.1. The number of anilines is 1. The van der Waals surface area contributed by atoms with Crippen LogP contribution in [0.25, 0.3) is 0 Å². The van der Waals surface area contributed by atoms with Gasteiger partial charge in [-0.2, -0.15) is 5.26 Å². The molecule has 1 aromatic rings. The summed E-state index contributed by atoms with van der Waals surface area (Å²) >= 11 is 3.37. The minimum absolute atomic E-state index is 0.0734. The zero-order valence-corrected chi connectivity index (χ0v) is 11.4. The molecule has 0 radical (unpaired) electrons. The Labute approximate surface area is 109 Å². The van der Waals surface area contributed by atoms with Crippen LogP contribution in [0.2, 0.25) is 0 Å². The third kappa shape index (κ3) is 3.46. The van der Waals surface area contributed by atoms with E-state index in [0.29, 0.717) is 12.1 Å². The second-order valence-corrected chi connectivity index (χ2v) is 4.38. The summed E-state index contributed by atoms with van der Waals surface area (Å²) in [4.78, 5) is 13.3. The van der Waals surface area contributed by atoms with E-state index in [9.17, 15) is 4.79 Å². The Bertz CT molecular complexity index is 454. The van der Waals surface area contributed by atoms with E-state index in [1.165, 1.54) is 0 Å². The molecule has 90 valence electrons. The topological polar surface area (TPSA) is 56.1 Å². The minimum atomic E-state index is -0.0734. The fourth-order valence-corrected chi connectivity index (χ4v) is 1.83. The first-order chi connectivity index (χ1) is 8.12. The van der Waals surface area contributed by atoms with Gasteiger partial charge in [-0.15, -0.1) is 0 Å². The van der Waals surface area contributed by atoms with Crippen molar-refractivity contribution < 1.29 is 4.79 Å². The predicted octanol–water partition coefficient (Wildman–Crippen LogP) is 1.89. The highest BCUT2D eigenvalue weighted by Crippen LogP contribution is 2.24. The van der Waals surface area contributed by atoms with E-state index in [-0.39, 0.29) is 12.5 Å². The molecule has 0 aromatic heterocycles. The Morgan fingerprint density at radius 1 is 1.59 bits per heavy atom. The minimum Gasteiger partial charge on any atom is -0.361 e. The van der Waals surface area contributed by atoms with Crippen LogP contribution in [0.4, 0.5) is 5.69 Å². The van der Waals surface area contributed by atoms with Gasteiger partial charge in [-0.25, -0.2) is 0 Å². The molecule has 0 unspecified atom stereocenters. The molecule has 0 saturated heterocycles. The van der Waals surface area contributed by atoms with E-state index in [2.05, 4.69) is 27.3 Å². The van der Waals surface area contributed by atoms with Crippen molar-refractivity contribution in [3.05, 3.63) is 28.2 Å². The molecule has 0 aliphatic carbocycles. The summed E-state index contributed by atoms with van der Waals surface area (Å²) in [7, 11) is 1.60. The first-order valence-corrected chi connectivity index (χ1v) is 6.06. The van der Waals surface area contributed by atoms with Crippen LogP contribution < -0.4 is 10.2 Å². The van der Waals surface area contributed by atoms with Crippen LogP contribution in [0.1, 0.15) is 12.5 Å². The number of halogens is 1. The molecular weight excluding hydrogens is 282 g/mol. The van der Waals surface area contributed by atoms with Gasteiger partial charge in [-0.3, -0.25) is 4.79 Å². The van der Waals surface area contributed by atoms with Crippen LogP contribution in [-0.4, -0.2) is 26.0 Å². The number of hydrogen-bond acceptors (Lipinski definition) is 3. The SMILES string of the molecule is CCN(CC(=O)NC)c1cc(Br)ccc1C#N. The van der Waals surface area contributed by atoms with Gasteiger partial charge in [0.1, 0.15) is 6.07 Å². The molecule has 1 amide bonds. The summed E-state index contributed by atoms with van der Waals surface area (Å²) in [6.45, 7) is 2.86. The number of nitrogens with one attached hydrogen (secondary N) is 1. The summed E-state index contributed by atoms with van der Waals surface area (Å²) in [6, 6.07) is 7.54. The molecule has 1 N–H and O–H groups in total. The van der Waals surface area contributed by atoms with E-state index in [4.69, 9.17) is 5.26 Å². The Kier molecular flexibility index (Phi) is 4.98. The molecule has 17 heavy (non-hydrogen) atoms. The first-order valence-electron chi connectivity index (χ1n) is 5.27. The second-order valence-electron chi connectivity index (χ2n) is 3.46. The number of hydrogen-bond donors (Lipinski definition) is 1. The third-order valence-corrected chi connectivity index (χ3v) is 2.91. The normalized spacial score (nSPS) is 9.53.